The van der Waals surface area contributed by atoms with Gasteiger partial charge in [0.25, 0.3) is 0 Å². The molecule has 8 heteroatoms. The largest absolute Gasteiger partial charge is 0.506 e. The molecule has 0 unspecified atom stereocenters. The van der Waals surface area contributed by atoms with Crippen LogP contribution in [0.2, 0.25) is 0 Å². The first-order valence-corrected chi connectivity index (χ1v) is 8.01. The summed E-state index contributed by atoms with van der Waals surface area (Å²) in [6.45, 7) is 0. The molecule has 0 aliphatic heterocycles. The number of carbonyl (C=O) groups is 2. The highest BCUT2D eigenvalue weighted by Gasteiger charge is 2.39. The topological polar surface area (TPSA) is 113 Å². The van der Waals surface area contributed by atoms with Gasteiger partial charge in [0, 0.05) is 18.4 Å². The number of phenolic OH excluding ortho intramolecular Hbond substituents is 2. The molecular weight excluding hydrogens is 432 g/mol. The molecule has 2 aromatic carbocycles. The monoisotopic (exact) mass is 440 g/mol. The quantitative estimate of drug-likeness (QED) is 0.341. The van der Waals surface area contributed by atoms with E-state index in [0.29, 0.717) is 5.69 Å². The van der Waals surface area contributed by atoms with Crippen molar-refractivity contribution in [1.29, 1.82) is 0 Å². The van der Waals surface area contributed by atoms with Crippen LogP contribution in [-0.4, -0.2) is 28.8 Å². The van der Waals surface area contributed by atoms with Crippen molar-refractivity contribution >= 4 is 54.8 Å². The zero-order valence-electron chi connectivity index (χ0n) is 11.7. The standard InChI is InChI=1S/C15H10Br2N2O4/c1-19-7-3-5(17)13(21)11-9(7)14(22)8-6(18)2-4(16)12(20)10(8)15(11)23/h2-3,19-21H,18H2,1H3. The van der Waals surface area contributed by atoms with E-state index in [-0.39, 0.29) is 48.4 Å². The van der Waals surface area contributed by atoms with Gasteiger partial charge in [-0.3, -0.25) is 9.59 Å². The number of hydrogen-bond donors (Lipinski definition) is 4. The maximum absolute atomic E-state index is 12.9. The van der Waals surface area contributed by atoms with Gasteiger partial charge in [-0.05, 0) is 44.0 Å². The maximum Gasteiger partial charge on any atom is 0.202 e. The van der Waals surface area contributed by atoms with Gasteiger partial charge in [-0.1, -0.05) is 0 Å². The van der Waals surface area contributed by atoms with E-state index in [4.69, 9.17) is 5.73 Å². The van der Waals surface area contributed by atoms with Gasteiger partial charge in [-0.2, -0.15) is 0 Å². The molecular formula is C15H10Br2N2O4. The highest BCUT2D eigenvalue weighted by molar-refractivity contribution is 9.11. The van der Waals surface area contributed by atoms with Crippen LogP contribution in [0.4, 0.5) is 11.4 Å². The molecule has 6 nitrogen and oxygen atoms in total. The summed E-state index contributed by atoms with van der Waals surface area (Å²) in [6, 6.07) is 2.86. The Kier molecular flexibility index (Phi) is 3.61. The molecule has 0 amide bonds. The first kappa shape index (κ1) is 15.8. The number of anilines is 2. The summed E-state index contributed by atoms with van der Waals surface area (Å²) >= 11 is 6.25. The highest BCUT2D eigenvalue weighted by Crippen LogP contribution is 2.46. The molecule has 0 saturated heterocycles. The predicted molar refractivity (Wildman–Crippen MR) is 92.4 cm³/mol. The van der Waals surface area contributed by atoms with Crippen molar-refractivity contribution in [3.05, 3.63) is 43.3 Å². The molecule has 0 spiro atoms. The van der Waals surface area contributed by atoms with E-state index < -0.39 is 11.6 Å². The Morgan fingerprint density at radius 1 is 0.913 bits per heavy atom. The van der Waals surface area contributed by atoms with Crippen molar-refractivity contribution in [2.75, 3.05) is 18.1 Å². The molecule has 0 radical (unpaired) electrons. The van der Waals surface area contributed by atoms with Gasteiger partial charge in [-0.15, -0.1) is 0 Å². The Morgan fingerprint density at radius 2 is 1.39 bits per heavy atom. The SMILES string of the molecule is CNc1cc(Br)c(O)c2c1C(=O)c1c(N)cc(Br)c(O)c1C2=O. The number of ketones is 2. The Morgan fingerprint density at radius 3 is 1.96 bits per heavy atom. The average Bonchev–Trinajstić information content (AvgIpc) is 2.50. The van der Waals surface area contributed by atoms with Gasteiger partial charge in [0.1, 0.15) is 11.5 Å². The second kappa shape index (κ2) is 5.24. The smallest absolute Gasteiger partial charge is 0.202 e. The average molecular weight is 442 g/mol. The summed E-state index contributed by atoms with van der Waals surface area (Å²) in [6.07, 6.45) is 0. The molecule has 23 heavy (non-hydrogen) atoms. The zero-order valence-corrected chi connectivity index (χ0v) is 14.9. The molecule has 0 atom stereocenters. The lowest BCUT2D eigenvalue weighted by molar-refractivity contribution is 0.0975. The number of nitrogens with one attached hydrogen (secondary N) is 1. The molecule has 0 fully saturated rings. The third-order valence-corrected chi connectivity index (χ3v) is 4.92. The molecule has 0 heterocycles. The van der Waals surface area contributed by atoms with E-state index in [0.717, 1.165) is 0 Å². The van der Waals surface area contributed by atoms with E-state index in [9.17, 15) is 19.8 Å². The lowest BCUT2D eigenvalue weighted by atomic mass is 9.81. The fourth-order valence-corrected chi connectivity index (χ4v) is 3.54. The Bertz CT molecular complexity index is 909. The summed E-state index contributed by atoms with van der Waals surface area (Å²) < 4.78 is 0.453. The molecule has 5 N–H and O–H groups in total. The zero-order chi connectivity index (χ0) is 17.0. The summed E-state index contributed by atoms with van der Waals surface area (Å²) in [5, 5.41) is 23.2. The van der Waals surface area contributed by atoms with Crippen LogP contribution in [0.15, 0.2) is 21.1 Å². The van der Waals surface area contributed by atoms with Crippen LogP contribution >= 0.6 is 31.9 Å². The first-order valence-electron chi connectivity index (χ1n) is 6.43. The number of halogens is 2. The first-order chi connectivity index (χ1) is 10.8. The molecule has 118 valence electrons. The maximum atomic E-state index is 12.9. The van der Waals surface area contributed by atoms with Gasteiger partial charge in [0.15, 0.2) is 5.78 Å². The van der Waals surface area contributed by atoms with Crippen LogP contribution in [0.3, 0.4) is 0 Å². The van der Waals surface area contributed by atoms with Crippen LogP contribution in [0.25, 0.3) is 0 Å². The number of hydrogen-bond acceptors (Lipinski definition) is 6. The van der Waals surface area contributed by atoms with Crippen LogP contribution in [0.5, 0.6) is 11.5 Å². The number of carbonyl (C=O) groups excluding carboxylic acids is 2. The van der Waals surface area contributed by atoms with Gasteiger partial charge in [0.2, 0.25) is 5.78 Å². The lowest BCUT2D eigenvalue weighted by Gasteiger charge is -2.23. The van der Waals surface area contributed by atoms with Gasteiger partial charge in [0.05, 0.1) is 31.2 Å². The van der Waals surface area contributed by atoms with E-state index in [2.05, 4.69) is 37.2 Å². The number of rotatable bonds is 1. The molecule has 0 aromatic heterocycles. The second-order valence-corrected chi connectivity index (χ2v) is 6.67. The fraction of sp³-hybridized carbons (Fsp3) is 0.0667. The van der Waals surface area contributed by atoms with Crippen LogP contribution < -0.4 is 11.1 Å². The van der Waals surface area contributed by atoms with Crippen LogP contribution in [0, 0.1) is 0 Å². The minimum absolute atomic E-state index is 0.0270. The van der Waals surface area contributed by atoms with Crippen molar-refractivity contribution in [2.45, 2.75) is 0 Å². The summed E-state index contributed by atoms with van der Waals surface area (Å²) in [5.74, 6) is -1.96. The van der Waals surface area contributed by atoms with Crippen molar-refractivity contribution in [2.24, 2.45) is 0 Å². The van der Waals surface area contributed by atoms with Crippen molar-refractivity contribution < 1.29 is 19.8 Å². The van der Waals surface area contributed by atoms with Crippen molar-refractivity contribution in [3.63, 3.8) is 0 Å². The number of nitrogens with two attached hydrogens (primary N) is 1. The number of nitrogen functional groups attached to an aromatic ring is 1. The molecule has 1 aliphatic rings. The van der Waals surface area contributed by atoms with E-state index in [1.807, 2.05) is 0 Å². The number of phenols is 2. The molecule has 3 rings (SSSR count). The number of aromatic hydroxyl groups is 2. The Labute approximate surface area is 147 Å². The molecule has 1 aliphatic carbocycles. The Balaban J connectivity index is 2.48. The molecule has 0 saturated carbocycles. The van der Waals surface area contributed by atoms with Crippen molar-refractivity contribution in [1.82, 2.24) is 0 Å². The minimum atomic E-state index is -0.671. The summed E-state index contributed by atoms with van der Waals surface area (Å²) in [5.41, 5.74) is 5.88. The third-order valence-electron chi connectivity index (χ3n) is 3.71. The lowest BCUT2D eigenvalue weighted by Crippen LogP contribution is -2.24. The fourth-order valence-electron chi connectivity index (χ4n) is 2.67. The van der Waals surface area contributed by atoms with E-state index >= 15 is 0 Å². The van der Waals surface area contributed by atoms with E-state index in [1.54, 1.807) is 7.05 Å². The molecule has 0 bridgehead atoms. The summed E-state index contributed by atoms with van der Waals surface area (Å²) in [4.78, 5) is 25.7. The van der Waals surface area contributed by atoms with Crippen molar-refractivity contribution in [3.8, 4) is 11.5 Å². The second-order valence-electron chi connectivity index (χ2n) is 4.96. The van der Waals surface area contributed by atoms with Gasteiger partial charge < -0.3 is 21.3 Å². The Hall–Kier alpha value is -2.06. The van der Waals surface area contributed by atoms with Gasteiger partial charge in [-0.25, -0.2) is 0 Å². The highest BCUT2D eigenvalue weighted by atomic mass is 79.9. The molecule has 2 aromatic rings. The van der Waals surface area contributed by atoms with Crippen LogP contribution in [0.1, 0.15) is 31.8 Å². The minimum Gasteiger partial charge on any atom is -0.506 e. The predicted octanol–water partition coefficient (Wildman–Crippen LogP) is 3.02. The van der Waals surface area contributed by atoms with E-state index in [1.165, 1.54) is 12.1 Å². The van der Waals surface area contributed by atoms with Crippen LogP contribution in [-0.2, 0) is 0 Å². The third kappa shape index (κ3) is 2.05. The summed E-state index contributed by atoms with van der Waals surface area (Å²) in [7, 11) is 1.59. The van der Waals surface area contributed by atoms with Gasteiger partial charge >= 0.3 is 0 Å². The normalized spacial score (nSPS) is 12.8. The number of fused-ring (bicyclic) bond motifs is 2. The number of benzene rings is 2.